The lowest BCUT2D eigenvalue weighted by atomic mass is 9.92. The maximum absolute atomic E-state index is 13.4. The van der Waals surface area contributed by atoms with Crippen LogP contribution in [0.1, 0.15) is 28.9 Å². The Bertz CT molecular complexity index is 781. The zero-order valence-corrected chi connectivity index (χ0v) is 13.4. The number of aryl methyl sites for hydroxylation is 1. The standard InChI is InChI=1S/C16H17FN2O3S/c1-9-6-10(17)7-12-11(9)8-13(18-12)14(20)19-16(15(21)22)2-4-23-5-3-16/h6-8,18H,2-5H2,1H3,(H,19,20)(H,21,22). The van der Waals surface area contributed by atoms with Crippen LogP contribution in [0.4, 0.5) is 4.39 Å². The Morgan fingerprint density at radius 2 is 2.00 bits per heavy atom. The Kier molecular flexibility index (Phi) is 4.06. The summed E-state index contributed by atoms with van der Waals surface area (Å²) in [6, 6.07) is 4.35. The Morgan fingerprint density at radius 1 is 1.30 bits per heavy atom. The number of aliphatic carboxylic acids is 1. The Hall–Kier alpha value is -2.02. The van der Waals surface area contributed by atoms with E-state index in [0.717, 1.165) is 10.9 Å². The molecule has 0 unspecified atom stereocenters. The van der Waals surface area contributed by atoms with Gasteiger partial charge in [-0.15, -0.1) is 0 Å². The average molecular weight is 336 g/mol. The van der Waals surface area contributed by atoms with Crippen molar-refractivity contribution in [3.63, 3.8) is 0 Å². The van der Waals surface area contributed by atoms with Crippen LogP contribution < -0.4 is 5.32 Å². The van der Waals surface area contributed by atoms with Crippen LogP contribution in [0.25, 0.3) is 10.9 Å². The number of hydrogen-bond donors (Lipinski definition) is 3. The van der Waals surface area contributed by atoms with Crippen molar-refractivity contribution >= 4 is 34.5 Å². The number of fused-ring (bicyclic) bond motifs is 1. The van der Waals surface area contributed by atoms with Gasteiger partial charge in [-0.25, -0.2) is 9.18 Å². The fraction of sp³-hybridized carbons (Fsp3) is 0.375. The van der Waals surface area contributed by atoms with Crippen molar-refractivity contribution < 1.29 is 19.1 Å². The van der Waals surface area contributed by atoms with Crippen molar-refractivity contribution in [2.24, 2.45) is 0 Å². The van der Waals surface area contributed by atoms with Crippen LogP contribution in [0.3, 0.4) is 0 Å². The van der Waals surface area contributed by atoms with Crippen molar-refractivity contribution in [1.29, 1.82) is 0 Å². The third kappa shape index (κ3) is 2.93. The predicted molar refractivity (Wildman–Crippen MR) is 87.4 cm³/mol. The molecule has 1 aliphatic rings. The van der Waals surface area contributed by atoms with E-state index in [1.54, 1.807) is 24.8 Å². The Morgan fingerprint density at radius 3 is 2.65 bits per heavy atom. The lowest BCUT2D eigenvalue weighted by Gasteiger charge is -2.33. The highest BCUT2D eigenvalue weighted by molar-refractivity contribution is 7.99. The Balaban J connectivity index is 1.91. The molecule has 1 amide bonds. The number of benzene rings is 1. The van der Waals surface area contributed by atoms with Gasteiger partial charge in [-0.1, -0.05) is 0 Å². The first-order valence-corrected chi connectivity index (χ1v) is 8.49. The van der Waals surface area contributed by atoms with Crippen LogP contribution in [0, 0.1) is 12.7 Å². The van der Waals surface area contributed by atoms with E-state index in [1.165, 1.54) is 12.1 Å². The number of H-pyrrole nitrogens is 1. The highest BCUT2D eigenvalue weighted by Gasteiger charge is 2.41. The first-order chi connectivity index (χ1) is 10.9. The number of carbonyl (C=O) groups is 2. The van der Waals surface area contributed by atoms with E-state index in [9.17, 15) is 19.1 Å². The van der Waals surface area contributed by atoms with Crippen LogP contribution in [-0.4, -0.2) is 39.0 Å². The molecule has 1 aromatic heterocycles. The largest absolute Gasteiger partial charge is 0.480 e. The third-order valence-electron chi connectivity index (χ3n) is 4.26. The number of nitrogens with one attached hydrogen (secondary N) is 2. The number of amides is 1. The van der Waals surface area contributed by atoms with Crippen LogP contribution in [0.5, 0.6) is 0 Å². The highest BCUT2D eigenvalue weighted by Crippen LogP contribution is 2.28. The molecule has 0 spiro atoms. The van der Waals surface area contributed by atoms with Gasteiger partial charge in [-0.05, 0) is 55.0 Å². The number of carbonyl (C=O) groups excluding carboxylic acids is 1. The van der Waals surface area contributed by atoms with Gasteiger partial charge < -0.3 is 15.4 Å². The second-order valence-electron chi connectivity index (χ2n) is 5.82. The molecule has 7 heteroatoms. The number of rotatable bonds is 3. The van der Waals surface area contributed by atoms with Crippen molar-refractivity contribution in [3.05, 3.63) is 35.3 Å². The molecule has 0 bridgehead atoms. The van der Waals surface area contributed by atoms with Crippen molar-refractivity contribution in [2.45, 2.75) is 25.3 Å². The van der Waals surface area contributed by atoms with E-state index >= 15 is 0 Å². The molecule has 1 fully saturated rings. The number of aromatic nitrogens is 1. The zero-order chi connectivity index (χ0) is 16.6. The summed E-state index contributed by atoms with van der Waals surface area (Å²) in [5, 5.41) is 12.9. The lowest BCUT2D eigenvalue weighted by molar-refractivity contribution is -0.144. The van der Waals surface area contributed by atoms with Gasteiger partial charge in [0.1, 0.15) is 17.1 Å². The zero-order valence-electron chi connectivity index (χ0n) is 12.6. The fourth-order valence-corrected chi connectivity index (χ4v) is 4.08. The maximum Gasteiger partial charge on any atom is 0.329 e. The van der Waals surface area contributed by atoms with Crippen LogP contribution in [0.15, 0.2) is 18.2 Å². The molecule has 3 rings (SSSR count). The maximum atomic E-state index is 13.4. The topological polar surface area (TPSA) is 82.2 Å². The second kappa shape index (κ2) is 5.88. The number of aromatic amines is 1. The summed E-state index contributed by atoms with van der Waals surface area (Å²) in [6.45, 7) is 1.76. The summed E-state index contributed by atoms with van der Waals surface area (Å²) in [6.07, 6.45) is 0.791. The minimum Gasteiger partial charge on any atom is -0.480 e. The van der Waals surface area contributed by atoms with Crippen molar-refractivity contribution in [3.8, 4) is 0 Å². The van der Waals surface area contributed by atoms with Gasteiger partial charge in [0.25, 0.3) is 5.91 Å². The van der Waals surface area contributed by atoms with Gasteiger partial charge in [0.05, 0.1) is 0 Å². The lowest BCUT2D eigenvalue weighted by Crippen LogP contribution is -2.56. The molecule has 2 aromatic rings. The molecule has 0 saturated carbocycles. The fourth-order valence-electron chi connectivity index (χ4n) is 2.89. The second-order valence-corrected chi connectivity index (χ2v) is 7.05. The molecule has 122 valence electrons. The van der Waals surface area contributed by atoms with Gasteiger partial charge >= 0.3 is 5.97 Å². The van der Waals surface area contributed by atoms with E-state index < -0.39 is 17.4 Å². The smallest absolute Gasteiger partial charge is 0.329 e. The van der Waals surface area contributed by atoms with Gasteiger partial charge in [0.15, 0.2) is 0 Å². The molecule has 0 radical (unpaired) electrons. The molecule has 0 atom stereocenters. The van der Waals surface area contributed by atoms with E-state index in [2.05, 4.69) is 10.3 Å². The van der Waals surface area contributed by atoms with E-state index in [1.807, 2.05) is 0 Å². The molecule has 0 aliphatic carbocycles. The molecular weight excluding hydrogens is 319 g/mol. The monoisotopic (exact) mass is 336 g/mol. The molecule has 1 aromatic carbocycles. The minimum atomic E-state index is -1.22. The summed E-state index contributed by atoms with van der Waals surface area (Å²) < 4.78 is 13.4. The molecule has 1 aliphatic heterocycles. The van der Waals surface area contributed by atoms with Crippen LogP contribution >= 0.6 is 11.8 Å². The quantitative estimate of drug-likeness (QED) is 0.805. The molecule has 3 N–H and O–H groups in total. The molecule has 23 heavy (non-hydrogen) atoms. The minimum absolute atomic E-state index is 0.243. The average Bonchev–Trinajstić information content (AvgIpc) is 2.92. The van der Waals surface area contributed by atoms with Crippen molar-refractivity contribution in [2.75, 3.05) is 11.5 Å². The number of thioether (sulfide) groups is 1. The van der Waals surface area contributed by atoms with Crippen LogP contribution in [-0.2, 0) is 4.79 Å². The summed E-state index contributed by atoms with van der Waals surface area (Å²) in [5.41, 5.74) is 0.265. The normalized spacial score (nSPS) is 17.1. The number of halogens is 1. The van der Waals surface area contributed by atoms with E-state index in [-0.39, 0.29) is 11.5 Å². The Labute approximate surface area is 136 Å². The van der Waals surface area contributed by atoms with Gasteiger partial charge in [0.2, 0.25) is 0 Å². The van der Waals surface area contributed by atoms with Crippen molar-refractivity contribution in [1.82, 2.24) is 10.3 Å². The highest BCUT2D eigenvalue weighted by atomic mass is 32.2. The summed E-state index contributed by atoms with van der Waals surface area (Å²) in [7, 11) is 0. The first kappa shape index (κ1) is 15.9. The molecule has 2 heterocycles. The van der Waals surface area contributed by atoms with Gasteiger partial charge in [-0.3, -0.25) is 4.79 Å². The number of hydrogen-bond acceptors (Lipinski definition) is 3. The first-order valence-electron chi connectivity index (χ1n) is 7.34. The van der Waals surface area contributed by atoms with Gasteiger partial charge in [-0.2, -0.15) is 11.8 Å². The number of carboxylic acids is 1. The summed E-state index contributed by atoms with van der Waals surface area (Å²) in [4.78, 5) is 27.0. The SMILES string of the molecule is Cc1cc(F)cc2[nH]c(C(=O)NC3(C(=O)O)CCSCC3)cc12. The molecule has 1 saturated heterocycles. The number of carboxylic acid groups (broad SMARTS) is 1. The van der Waals surface area contributed by atoms with Gasteiger partial charge in [0, 0.05) is 10.9 Å². The summed E-state index contributed by atoms with van der Waals surface area (Å²) >= 11 is 1.68. The van der Waals surface area contributed by atoms with E-state index in [4.69, 9.17) is 0 Å². The summed E-state index contributed by atoms with van der Waals surface area (Å²) in [5.74, 6) is -0.470. The van der Waals surface area contributed by atoms with E-state index in [0.29, 0.717) is 29.9 Å². The molecule has 5 nitrogen and oxygen atoms in total. The predicted octanol–water partition coefficient (Wildman–Crippen LogP) is 2.70. The molecular formula is C16H17FN2O3S. The third-order valence-corrected chi connectivity index (χ3v) is 5.25. The van der Waals surface area contributed by atoms with Crippen LogP contribution in [0.2, 0.25) is 0 Å².